The average molecular weight is 284 g/mol. The second kappa shape index (κ2) is 6.22. The number of para-hydroxylation sites is 1. The monoisotopic (exact) mass is 284 g/mol. The van der Waals surface area contributed by atoms with Gasteiger partial charge in [-0.3, -0.25) is 9.78 Å². The van der Waals surface area contributed by atoms with Crippen molar-refractivity contribution >= 4 is 16.8 Å². The highest BCUT2D eigenvalue weighted by Crippen LogP contribution is 2.24. The number of carbonyl (C=O) groups is 1. The highest BCUT2D eigenvalue weighted by atomic mass is 16.5. The van der Waals surface area contributed by atoms with Crippen LogP contribution in [0.3, 0.4) is 0 Å². The van der Waals surface area contributed by atoms with Crippen molar-refractivity contribution in [2.24, 2.45) is 5.92 Å². The summed E-state index contributed by atoms with van der Waals surface area (Å²) in [4.78, 5) is 16.0. The van der Waals surface area contributed by atoms with Gasteiger partial charge in [0.2, 0.25) is 5.91 Å². The smallest absolute Gasteiger partial charge is 0.220 e. The van der Waals surface area contributed by atoms with E-state index < -0.39 is 0 Å². The zero-order valence-electron chi connectivity index (χ0n) is 12.2. The van der Waals surface area contributed by atoms with Crippen LogP contribution in [-0.4, -0.2) is 30.1 Å². The summed E-state index contributed by atoms with van der Waals surface area (Å²) in [6.07, 6.45) is 3.27. The number of rotatable bonds is 4. The zero-order valence-corrected chi connectivity index (χ0v) is 12.2. The summed E-state index contributed by atoms with van der Waals surface area (Å²) in [5, 5.41) is 4.25. The number of nitrogens with one attached hydrogen (secondary N) is 1. The van der Waals surface area contributed by atoms with Gasteiger partial charge in [-0.05, 0) is 24.1 Å². The fraction of sp³-hybridized carbons (Fsp3) is 0.412. The van der Waals surface area contributed by atoms with Crippen molar-refractivity contribution in [2.45, 2.75) is 25.8 Å². The number of carbonyl (C=O) groups excluding carboxylic acids is 1. The lowest BCUT2D eigenvalue weighted by Gasteiger charge is -2.19. The van der Waals surface area contributed by atoms with E-state index in [1.54, 1.807) is 0 Å². The van der Waals surface area contributed by atoms with Crippen LogP contribution in [0.2, 0.25) is 0 Å². The Morgan fingerprint density at radius 3 is 3.05 bits per heavy atom. The fourth-order valence-corrected chi connectivity index (χ4v) is 2.88. The van der Waals surface area contributed by atoms with Crippen LogP contribution in [0.4, 0.5) is 0 Å². The Bertz CT molecular complexity index is 636. The second-order valence-electron chi connectivity index (χ2n) is 5.52. The van der Waals surface area contributed by atoms with Gasteiger partial charge in [-0.1, -0.05) is 25.1 Å². The number of fused-ring (bicyclic) bond motifs is 1. The molecule has 3 rings (SSSR count). The Morgan fingerprint density at radius 2 is 2.19 bits per heavy atom. The summed E-state index contributed by atoms with van der Waals surface area (Å²) < 4.78 is 5.57. The Balaban J connectivity index is 1.79. The predicted octanol–water partition coefficient (Wildman–Crippen LogP) is 2.32. The van der Waals surface area contributed by atoms with E-state index >= 15 is 0 Å². The van der Waals surface area contributed by atoms with Gasteiger partial charge in [0, 0.05) is 23.9 Å². The van der Waals surface area contributed by atoms with Crippen LogP contribution in [0.1, 0.15) is 18.9 Å². The molecule has 0 aliphatic carbocycles. The summed E-state index contributed by atoms with van der Waals surface area (Å²) in [6.45, 7) is 3.18. The number of ether oxygens (including phenoxy) is 1. The quantitative estimate of drug-likeness (QED) is 0.937. The molecule has 1 N–H and O–H groups in total. The summed E-state index contributed by atoms with van der Waals surface area (Å²) in [6, 6.07) is 10.4. The topological polar surface area (TPSA) is 51.2 Å². The number of hydrogen-bond acceptors (Lipinski definition) is 3. The third-order valence-electron chi connectivity index (χ3n) is 4.09. The van der Waals surface area contributed by atoms with E-state index in [4.69, 9.17) is 4.74 Å². The van der Waals surface area contributed by atoms with Gasteiger partial charge < -0.3 is 10.1 Å². The minimum absolute atomic E-state index is 0.0927. The molecular formula is C17H20N2O2. The molecule has 1 fully saturated rings. The van der Waals surface area contributed by atoms with Gasteiger partial charge >= 0.3 is 0 Å². The summed E-state index contributed by atoms with van der Waals surface area (Å²) >= 11 is 0. The minimum Gasteiger partial charge on any atom is -0.379 e. The first-order valence-electron chi connectivity index (χ1n) is 7.47. The van der Waals surface area contributed by atoms with Gasteiger partial charge in [-0.2, -0.15) is 0 Å². The Labute approximate surface area is 124 Å². The van der Waals surface area contributed by atoms with Gasteiger partial charge in [0.15, 0.2) is 0 Å². The standard InChI is InChI=1S/C17H20N2O2/c1-2-17(20)19-16-11-21-10-13(16)9-12-7-8-18-15-6-4-3-5-14(12)15/h3-8,13,16H,2,9-11H2,1H3,(H,19,20)/t13-,16+/m1/s1. The molecule has 2 atom stereocenters. The predicted molar refractivity (Wildman–Crippen MR) is 82.0 cm³/mol. The number of hydrogen-bond donors (Lipinski definition) is 1. The molecule has 4 heteroatoms. The molecule has 0 bridgehead atoms. The van der Waals surface area contributed by atoms with Crippen LogP contribution in [0.15, 0.2) is 36.5 Å². The van der Waals surface area contributed by atoms with E-state index in [2.05, 4.69) is 22.4 Å². The lowest BCUT2D eigenvalue weighted by Crippen LogP contribution is -2.40. The third kappa shape index (κ3) is 3.05. The van der Waals surface area contributed by atoms with Crippen LogP contribution in [0.25, 0.3) is 10.9 Å². The van der Waals surface area contributed by atoms with Crippen molar-refractivity contribution in [3.8, 4) is 0 Å². The molecule has 1 aromatic heterocycles. The SMILES string of the molecule is CCC(=O)N[C@H]1COC[C@H]1Cc1ccnc2ccccc12. The van der Waals surface area contributed by atoms with Crippen molar-refractivity contribution in [2.75, 3.05) is 13.2 Å². The maximum atomic E-state index is 11.6. The molecule has 21 heavy (non-hydrogen) atoms. The first-order valence-corrected chi connectivity index (χ1v) is 7.47. The Hall–Kier alpha value is -1.94. The summed E-state index contributed by atoms with van der Waals surface area (Å²) in [7, 11) is 0. The summed E-state index contributed by atoms with van der Waals surface area (Å²) in [5.41, 5.74) is 2.29. The molecule has 110 valence electrons. The largest absolute Gasteiger partial charge is 0.379 e. The average Bonchev–Trinajstić information content (AvgIpc) is 2.94. The van der Waals surface area contributed by atoms with Crippen molar-refractivity contribution < 1.29 is 9.53 Å². The lowest BCUT2D eigenvalue weighted by atomic mass is 9.93. The number of pyridine rings is 1. The fourth-order valence-electron chi connectivity index (χ4n) is 2.88. The molecule has 4 nitrogen and oxygen atoms in total. The Kier molecular flexibility index (Phi) is 4.15. The second-order valence-corrected chi connectivity index (χ2v) is 5.52. The molecule has 2 heterocycles. The van der Waals surface area contributed by atoms with Crippen LogP contribution in [0.5, 0.6) is 0 Å². The van der Waals surface area contributed by atoms with Crippen molar-refractivity contribution in [3.63, 3.8) is 0 Å². The van der Waals surface area contributed by atoms with E-state index in [-0.39, 0.29) is 11.9 Å². The molecule has 0 unspecified atom stereocenters. The number of benzene rings is 1. The van der Waals surface area contributed by atoms with Crippen LogP contribution in [0, 0.1) is 5.92 Å². The maximum Gasteiger partial charge on any atom is 0.220 e. The molecule has 2 aromatic rings. The van der Waals surface area contributed by atoms with Gasteiger partial charge in [0.25, 0.3) is 0 Å². The normalized spacial score (nSPS) is 21.6. The van der Waals surface area contributed by atoms with Crippen molar-refractivity contribution in [3.05, 3.63) is 42.1 Å². The van der Waals surface area contributed by atoms with Crippen LogP contribution in [-0.2, 0) is 16.0 Å². The van der Waals surface area contributed by atoms with Crippen LogP contribution < -0.4 is 5.32 Å². The highest BCUT2D eigenvalue weighted by Gasteiger charge is 2.29. The van der Waals surface area contributed by atoms with Crippen LogP contribution >= 0.6 is 0 Å². The minimum atomic E-state index is 0.0927. The van der Waals surface area contributed by atoms with E-state index in [0.29, 0.717) is 25.6 Å². The molecular weight excluding hydrogens is 264 g/mol. The molecule has 1 aliphatic heterocycles. The first-order chi connectivity index (χ1) is 10.3. The maximum absolute atomic E-state index is 11.6. The van der Waals surface area contributed by atoms with Crippen molar-refractivity contribution in [1.29, 1.82) is 0 Å². The van der Waals surface area contributed by atoms with Crippen molar-refractivity contribution in [1.82, 2.24) is 10.3 Å². The molecule has 1 aliphatic rings. The molecule has 1 saturated heterocycles. The molecule has 0 saturated carbocycles. The number of nitrogens with zero attached hydrogens (tertiary/aromatic N) is 1. The van der Waals surface area contributed by atoms with E-state index in [1.807, 2.05) is 31.3 Å². The third-order valence-corrected chi connectivity index (χ3v) is 4.09. The van der Waals surface area contributed by atoms with Gasteiger partial charge in [0.05, 0.1) is 24.8 Å². The van der Waals surface area contributed by atoms with Gasteiger partial charge in [-0.25, -0.2) is 0 Å². The van der Waals surface area contributed by atoms with E-state index in [1.165, 1.54) is 10.9 Å². The zero-order chi connectivity index (χ0) is 14.7. The number of aromatic nitrogens is 1. The summed E-state index contributed by atoms with van der Waals surface area (Å²) in [5.74, 6) is 0.418. The Morgan fingerprint density at radius 1 is 1.33 bits per heavy atom. The van der Waals surface area contributed by atoms with E-state index in [9.17, 15) is 4.79 Å². The van der Waals surface area contributed by atoms with E-state index in [0.717, 1.165) is 11.9 Å². The van der Waals surface area contributed by atoms with Gasteiger partial charge in [-0.15, -0.1) is 0 Å². The molecule has 0 radical (unpaired) electrons. The molecule has 1 amide bonds. The molecule has 0 spiro atoms. The van der Waals surface area contributed by atoms with Gasteiger partial charge in [0.1, 0.15) is 0 Å². The highest BCUT2D eigenvalue weighted by molar-refractivity contribution is 5.81. The lowest BCUT2D eigenvalue weighted by molar-refractivity contribution is -0.121. The number of amides is 1. The first kappa shape index (κ1) is 14.0. The molecule has 1 aromatic carbocycles.